The van der Waals surface area contributed by atoms with Crippen molar-refractivity contribution in [3.8, 4) is 5.75 Å². The maximum Gasteiger partial charge on any atom is 0.274 e. The smallest absolute Gasteiger partial charge is 0.274 e. The van der Waals surface area contributed by atoms with E-state index in [1.807, 2.05) is 0 Å². The number of aromatic nitrogens is 1. The Bertz CT molecular complexity index is 616. The first kappa shape index (κ1) is 13.8. The van der Waals surface area contributed by atoms with Crippen LogP contribution < -0.4 is 21.3 Å². The van der Waals surface area contributed by atoms with Gasteiger partial charge in [0.1, 0.15) is 17.3 Å². The Kier molecular flexibility index (Phi) is 4.11. The molecule has 1 aromatic heterocycles. The fourth-order valence-electron chi connectivity index (χ4n) is 1.57. The molecule has 0 saturated carbocycles. The molecule has 1 amide bonds. The number of hydrogen-bond donors (Lipinski definition) is 3. The topological polar surface area (TPSA) is 89.3 Å². The summed E-state index contributed by atoms with van der Waals surface area (Å²) in [5, 5.41) is 2.60. The first-order valence-corrected chi connectivity index (χ1v) is 5.71. The molecular weight excluding hydrogens is 263 g/mol. The number of nitrogens with one attached hydrogen (secondary N) is 2. The lowest BCUT2D eigenvalue weighted by molar-refractivity contribution is 0.102. The molecule has 4 N–H and O–H groups in total. The van der Waals surface area contributed by atoms with Gasteiger partial charge < -0.3 is 15.5 Å². The summed E-state index contributed by atoms with van der Waals surface area (Å²) < 4.78 is 18.1. The number of hydrogen-bond acceptors (Lipinski definition) is 5. The molecule has 0 aliphatic rings. The van der Waals surface area contributed by atoms with E-state index in [0.717, 1.165) is 0 Å². The number of anilines is 2. The summed E-state index contributed by atoms with van der Waals surface area (Å²) in [5.74, 6) is 4.56. The second kappa shape index (κ2) is 5.98. The number of nitrogens with two attached hydrogens (primary N) is 1. The molecule has 1 aromatic carbocycles. The van der Waals surface area contributed by atoms with Crippen molar-refractivity contribution in [2.75, 3.05) is 17.9 Å². The average Bonchev–Trinajstić information content (AvgIpc) is 2.49. The van der Waals surface area contributed by atoms with Gasteiger partial charge in [0.2, 0.25) is 0 Å². The maximum absolute atomic E-state index is 13.1. The van der Waals surface area contributed by atoms with E-state index in [9.17, 15) is 9.18 Å². The number of carbonyl (C=O) groups excluding carboxylic acids is 1. The molecule has 0 atom stereocenters. The normalized spacial score (nSPS) is 9.95. The van der Waals surface area contributed by atoms with Crippen LogP contribution in [0.2, 0.25) is 0 Å². The Morgan fingerprint density at radius 2 is 2.15 bits per heavy atom. The third-order valence-corrected chi connectivity index (χ3v) is 2.57. The van der Waals surface area contributed by atoms with E-state index in [1.54, 1.807) is 6.07 Å². The van der Waals surface area contributed by atoms with E-state index in [4.69, 9.17) is 10.6 Å². The van der Waals surface area contributed by atoms with E-state index < -0.39 is 11.7 Å². The summed E-state index contributed by atoms with van der Waals surface area (Å²) in [6.45, 7) is 0. The number of nitrogens with zero attached hydrogens (tertiary/aromatic N) is 1. The van der Waals surface area contributed by atoms with Gasteiger partial charge in [-0.05, 0) is 24.3 Å². The molecule has 20 heavy (non-hydrogen) atoms. The Morgan fingerprint density at radius 3 is 2.75 bits per heavy atom. The quantitative estimate of drug-likeness (QED) is 0.585. The molecule has 104 valence electrons. The lowest BCUT2D eigenvalue weighted by Gasteiger charge is -2.10. The number of hydrazine groups is 1. The van der Waals surface area contributed by atoms with Gasteiger partial charge in [-0.1, -0.05) is 0 Å². The molecule has 1 heterocycles. The highest BCUT2D eigenvalue weighted by atomic mass is 19.1. The van der Waals surface area contributed by atoms with Crippen molar-refractivity contribution >= 4 is 17.3 Å². The number of benzene rings is 1. The van der Waals surface area contributed by atoms with Gasteiger partial charge in [0.15, 0.2) is 0 Å². The maximum atomic E-state index is 13.1. The minimum atomic E-state index is -0.448. The largest absolute Gasteiger partial charge is 0.494 e. The molecule has 6 nitrogen and oxygen atoms in total. The molecule has 0 unspecified atom stereocenters. The Morgan fingerprint density at radius 1 is 1.35 bits per heavy atom. The highest BCUT2D eigenvalue weighted by Gasteiger charge is 2.11. The van der Waals surface area contributed by atoms with Gasteiger partial charge in [0, 0.05) is 6.07 Å². The van der Waals surface area contributed by atoms with Crippen LogP contribution in [0.5, 0.6) is 5.75 Å². The monoisotopic (exact) mass is 276 g/mol. The zero-order valence-electron chi connectivity index (χ0n) is 10.7. The second-order valence-corrected chi connectivity index (χ2v) is 3.88. The van der Waals surface area contributed by atoms with Gasteiger partial charge in [0.25, 0.3) is 5.91 Å². The van der Waals surface area contributed by atoms with Gasteiger partial charge in [-0.25, -0.2) is 9.37 Å². The molecule has 0 bridgehead atoms. The van der Waals surface area contributed by atoms with Crippen molar-refractivity contribution in [2.45, 2.75) is 0 Å². The van der Waals surface area contributed by atoms with Crippen LogP contribution in [0.25, 0.3) is 0 Å². The second-order valence-electron chi connectivity index (χ2n) is 3.88. The molecule has 0 aliphatic carbocycles. The zero-order chi connectivity index (χ0) is 14.5. The summed E-state index contributed by atoms with van der Waals surface area (Å²) in [6, 6.07) is 6.96. The van der Waals surface area contributed by atoms with Gasteiger partial charge in [-0.3, -0.25) is 10.6 Å². The molecule has 0 aliphatic heterocycles. The minimum absolute atomic E-state index is 0.204. The van der Waals surface area contributed by atoms with Crippen LogP contribution in [0.15, 0.2) is 36.5 Å². The van der Waals surface area contributed by atoms with Crippen LogP contribution in [0, 0.1) is 5.82 Å². The molecule has 2 rings (SSSR count). The van der Waals surface area contributed by atoms with E-state index >= 15 is 0 Å². The van der Waals surface area contributed by atoms with Gasteiger partial charge in [-0.2, -0.15) is 0 Å². The highest BCUT2D eigenvalue weighted by Crippen LogP contribution is 2.25. The number of rotatable bonds is 4. The van der Waals surface area contributed by atoms with E-state index in [0.29, 0.717) is 11.4 Å². The molecule has 0 spiro atoms. The fourth-order valence-corrected chi connectivity index (χ4v) is 1.57. The Labute approximate surface area is 114 Å². The van der Waals surface area contributed by atoms with Crippen molar-refractivity contribution < 1.29 is 13.9 Å². The summed E-state index contributed by atoms with van der Waals surface area (Å²) in [5.41, 5.74) is 3.56. The van der Waals surface area contributed by atoms with Crippen molar-refractivity contribution in [1.82, 2.24) is 4.98 Å². The predicted molar refractivity (Wildman–Crippen MR) is 73.0 cm³/mol. The standard InChI is InChI=1S/C13H13FN4O2/c1-20-12-6-8(14)2-4-10(12)17-13(19)11-5-3-9(18-15)7-16-11/h2-7,18H,15H2,1H3,(H,17,19). The lowest BCUT2D eigenvalue weighted by Crippen LogP contribution is -2.15. The van der Waals surface area contributed by atoms with Crippen LogP contribution in [0.1, 0.15) is 10.5 Å². The third kappa shape index (κ3) is 3.01. The van der Waals surface area contributed by atoms with Gasteiger partial charge in [-0.15, -0.1) is 0 Å². The van der Waals surface area contributed by atoms with Crippen molar-refractivity contribution in [2.24, 2.45) is 5.84 Å². The Balaban J connectivity index is 2.18. The number of methoxy groups -OCH3 is 1. The van der Waals surface area contributed by atoms with E-state index in [2.05, 4.69) is 15.7 Å². The molecule has 7 heteroatoms. The van der Waals surface area contributed by atoms with E-state index in [-0.39, 0.29) is 11.4 Å². The third-order valence-electron chi connectivity index (χ3n) is 2.57. The first-order valence-electron chi connectivity index (χ1n) is 5.71. The zero-order valence-corrected chi connectivity index (χ0v) is 10.7. The molecule has 0 fully saturated rings. The predicted octanol–water partition coefficient (Wildman–Crippen LogP) is 1.77. The summed E-state index contributed by atoms with van der Waals surface area (Å²) in [6.07, 6.45) is 1.43. The molecular formula is C13H13FN4O2. The van der Waals surface area contributed by atoms with Crippen molar-refractivity contribution in [1.29, 1.82) is 0 Å². The van der Waals surface area contributed by atoms with E-state index in [1.165, 1.54) is 37.6 Å². The fraction of sp³-hybridized carbons (Fsp3) is 0.0769. The SMILES string of the molecule is COc1cc(F)ccc1NC(=O)c1ccc(NN)cn1. The molecule has 0 saturated heterocycles. The summed E-state index contributed by atoms with van der Waals surface area (Å²) in [4.78, 5) is 15.9. The number of pyridine rings is 1. The van der Waals surface area contributed by atoms with Crippen LogP contribution in [-0.4, -0.2) is 18.0 Å². The van der Waals surface area contributed by atoms with Crippen LogP contribution in [0.3, 0.4) is 0 Å². The number of halogens is 1. The summed E-state index contributed by atoms with van der Waals surface area (Å²) >= 11 is 0. The van der Waals surface area contributed by atoms with Gasteiger partial charge in [0.05, 0.1) is 24.7 Å². The molecule has 0 radical (unpaired) electrons. The number of carbonyl (C=O) groups is 1. The number of ether oxygens (including phenoxy) is 1. The van der Waals surface area contributed by atoms with Crippen LogP contribution in [-0.2, 0) is 0 Å². The highest BCUT2D eigenvalue weighted by molar-refractivity contribution is 6.03. The van der Waals surface area contributed by atoms with Crippen molar-refractivity contribution in [3.63, 3.8) is 0 Å². The number of amides is 1. The van der Waals surface area contributed by atoms with Crippen molar-refractivity contribution in [3.05, 3.63) is 48.0 Å². The first-order chi connectivity index (χ1) is 9.63. The Hall–Kier alpha value is -2.67. The average molecular weight is 276 g/mol. The van der Waals surface area contributed by atoms with Gasteiger partial charge >= 0.3 is 0 Å². The minimum Gasteiger partial charge on any atom is -0.494 e. The van der Waals surface area contributed by atoms with Crippen LogP contribution >= 0.6 is 0 Å². The number of nitrogen functional groups attached to an aromatic ring is 1. The summed E-state index contributed by atoms with van der Waals surface area (Å²) in [7, 11) is 1.39. The lowest BCUT2D eigenvalue weighted by atomic mass is 10.2. The van der Waals surface area contributed by atoms with Crippen LogP contribution in [0.4, 0.5) is 15.8 Å². The molecule has 2 aromatic rings.